The van der Waals surface area contributed by atoms with E-state index >= 15 is 9.13 Å². The van der Waals surface area contributed by atoms with E-state index < -0.39 is 22.4 Å². The molecule has 0 radical (unpaired) electrons. The lowest BCUT2D eigenvalue weighted by Gasteiger charge is -2.24. The van der Waals surface area contributed by atoms with E-state index in [0.717, 1.165) is 81.1 Å². The smallest absolute Gasteiger partial charge is 0.171 e. The Hall–Kier alpha value is -6.74. The number of hydrogen-bond donors (Lipinski definition) is 0. The summed E-state index contributed by atoms with van der Waals surface area (Å²) >= 11 is 0. The molecule has 0 aliphatic heterocycles. The Morgan fingerprint density at radius 2 is 0.656 bits per heavy atom. The van der Waals surface area contributed by atoms with E-state index in [1.165, 1.54) is 10.4 Å². The summed E-state index contributed by atoms with van der Waals surface area (Å²) in [4.78, 5) is 0. The van der Waals surface area contributed by atoms with Gasteiger partial charge in [0.1, 0.15) is 8.07 Å². The normalized spacial score (nSPS) is 12.4. The second kappa shape index (κ2) is 15.5. The summed E-state index contributed by atoms with van der Waals surface area (Å²) in [6, 6.07) is 77.0. The summed E-state index contributed by atoms with van der Waals surface area (Å²) in [5, 5.41) is 12.0. The average molecular weight is 881 g/mol. The monoisotopic (exact) mass is 880 g/mol. The van der Waals surface area contributed by atoms with Crippen molar-refractivity contribution in [2.24, 2.45) is 7.05 Å². The first-order valence-corrected chi connectivity index (χ1v) is 28.2. The third-order valence-corrected chi connectivity index (χ3v) is 23.0. The second-order valence-electron chi connectivity index (χ2n) is 17.3. The van der Waals surface area contributed by atoms with Crippen LogP contribution in [-0.4, -0.2) is 17.2 Å². The van der Waals surface area contributed by atoms with Crippen LogP contribution in [0.4, 0.5) is 0 Å². The number of aromatic nitrogens is 2. The molecule has 0 saturated carbocycles. The third-order valence-electron chi connectivity index (χ3n) is 13.4. The van der Waals surface area contributed by atoms with Crippen molar-refractivity contribution < 1.29 is 9.13 Å². The molecular weight excluding hydrogens is 835 g/mol. The first kappa shape index (κ1) is 40.1. The number of rotatable bonds is 9. The number of benzene rings is 9. The third kappa shape index (κ3) is 6.26. The summed E-state index contributed by atoms with van der Waals surface area (Å²) < 4.78 is 35.8. The molecule has 0 unspecified atom stereocenters. The summed E-state index contributed by atoms with van der Waals surface area (Å²) in [5.74, 6) is 0. The number of para-hydroxylation sites is 1. The van der Waals surface area contributed by atoms with Gasteiger partial charge >= 0.3 is 0 Å². The molecule has 2 heterocycles. The Morgan fingerprint density at radius 1 is 0.344 bits per heavy atom. The fraction of sp³-hybridized carbons (Fsp3) is 0.0526. The van der Waals surface area contributed by atoms with Crippen molar-refractivity contribution in [2.75, 3.05) is 0 Å². The molecule has 4 nitrogen and oxygen atoms in total. The van der Waals surface area contributed by atoms with Crippen LogP contribution in [0.15, 0.2) is 224 Å². The van der Waals surface area contributed by atoms with Gasteiger partial charge in [-0.25, -0.2) is 0 Å². The van der Waals surface area contributed by atoms with Crippen LogP contribution in [-0.2, 0) is 16.2 Å². The van der Waals surface area contributed by atoms with Gasteiger partial charge in [0.25, 0.3) is 0 Å². The number of hydrogen-bond acceptors (Lipinski definition) is 2. The van der Waals surface area contributed by atoms with Crippen molar-refractivity contribution in [1.82, 2.24) is 9.13 Å². The maximum Gasteiger partial charge on any atom is 0.171 e. The minimum Gasteiger partial charge on any atom is -0.344 e. The molecule has 0 amide bonds. The standard InChI is InChI=1S/C57H46N2O2P2Si/c1-58-54-33-29-46(62(60,42-21-11-5-12-22-42)43-23-13-6-14-24-43)37-50(54)52-39-48(31-35-55(52)58)64(2,3)49-32-36-57-53(40-49)51-38-47(30-34-56(51)59(57)41-19-9-4-10-20-41)63(61,44-25-15-7-16-26-44)45-27-17-8-18-28-45/h4-40H,1-3H3. The lowest BCUT2D eigenvalue weighted by molar-refractivity contribution is 0.591. The molecule has 7 heteroatoms. The van der Waals surface area contributed by atoms with Crippen LogP contribution in [0.2, 0.25) is 13.1 Å². The number of fused-ring (bicyclic) bond motifs is 6. The molecule has 310 valence electrons. The van der Waals surface area contributed by atoms with Crippen LogP contribution >= 0.6 is 14.3 Å². The zero-order valence-corrected chi connectivity index (χ0v) is 38.8. The predicted octanol–water partition coefficient (Wildman–Crippen LogP) is 10.5. The molecule has 0 atom stereocenters. The summed E-state index contributed by atoms with van der Waals surface area (Å²) in [7, 11) is -6.64. The molecule has 0 fully saturated rings. The lowest BCUT2D eigenvalue weighted by Crippen LogP contribution is -2.52. The van der Waals surface area contributed by atoms with Gasteiger partial charge < -0.3 is 18.3 Å². The van der Waals surface area contributed by atoms with E-state index in [9.17, 15) is 0 Å². The number of aryl methyl sites for hydroxylation is 1. The van der Waals surface area contributed by atoms with Crippen molar-refractivity contribution in [2.45, 2.75) is 13.1 Å². The topological polar surface area (TPSA) is 44.0 Å². The Balaban J connectivity index is 1.09. The van der Waals surface area contributed by atoms with E-state index in [-0.39, 0.29) is 0 Å². The SMILES string of the molecule is Cn1c2ccc([Si](C)(C)c3ccc4c(c3)c3cc(P(=O)(c5ccccc5)c5ccccc5)ccc3n4-c3ccccc3)cc2c2cc(P(=O)(c3ccccc3)c3ccccc3)ccc21. The first-order chi connectivity index (χ1) is 31.2. The van der Waals surface area contributed by atoms with Crippen LogP contribution in [0.25, 0.3) is 49.3 Å². The van der Waals surface area contributed by atoms with Gasteiger partial charge in [-0.1, -0.05) is 187 Å². The van der Waals surface area contributed by atoms with Crippen molar-refractivity contribution in [3.8, 4) is 5.69 Å². The maximum atomic E-state index is 15.7. The molecule has 0 spiro atoms. The van der Waals surface area contributed by atoms with Gasteiger partial charge in [-0.15, -0.1) is 0 Å². The van der Waals surface area contributed by atoms with Gasteiger partial charge in [-0.05, 0) is 60.7 Å². The van der Waals surface area contributed by atoms with Crippen LogP contribution in [0.1, 0.15) is 0 Å². The lowest BCUT2D eigenvalue weighted by atomic mass is 10.1. The zero-order valence-electron chi connectivity index (χ0n) is 36.0. The zero-order chi connectivity index (χ0) is 43.6. The van der Waals surface area contributed by atoms with Crippen molar-refractivity contribution in [1.29, 1.82) is 0 Å². The van der Waals surface area contributed by atoms with Crippen molar-refractivity contribution >= 4 is 108 Å². The van der Waals surface area contributed by atoms with E-state index in [1.54, 1.807) is 0 Å². The highest BCUT2D eigenvalue weighted by Gasteiger charge is 2.33. The molecule has 2 aromatic heterocycles. The quantitative estimate of drug-likeness (QED) is 0.107. The molecule has 0 aliphatic carbocycles. The second-order valence-corrected chi connectivity index (χ2v) is 27.2. The summed E-state index contributed by atoms with van der Waals surface area (Å²) in [5.41, 5.74) is 5.52. The van der Waals surface area contributed by atoms with E-state index in [0.29, 0.717) is 0 Å². The Labute approximate surface area is 374 Å². The highest BCUT2D eigenvalue weighted by Crippen LogP contribution is 2.45. The molecule has 64 heavy (non-hydrogen) atoms. The van der Waals surface area contributed by atoms with Crippen molar-refractivity contribution in [3.63, 3.8) is 0 Å². The molecular formula is C57H46N2O2P2Si. The highest BCUT2D eigenvalue weighted by atomic mass is 31.2. The molecule has 11 rings (SSSR count). The minimum absolute atomic E-state index is 0.816. The Bertz CT molecular complexity index is 3560. The minimum atomic E-state index is -3.23. The number of nitrogens with zero attached hydrogens (tertiary/aromatic N) is 2. The van der Waals surface area contributed by atoms with E-state index in [4.69, 9.17) is 0 Å². The largest absolute Gasteiger partial charge is 0.344 e. The van der Waals surface area contributed by atoms with Crippen LogP contribution in [0, 0.1) is 0 Å². The van der Waals surface area contributed by atoms with Gasteiger partial charge in [0.2, 0.25) is 0 Å². The molecule has 9 aromatic carbocycles. The first-order valence-electron chi connectivity index (χ1n) is 21.8. The Kier molecular flexibility index (Phi) is 9.70. The fourth-order valence-corrected chi connectivity index (χ4v) is 17.5. The molecule has 11 aromatic rings. The van der Waals surface area contributed by atoms with Gasteiger partial charge in [0, 0.05) is 77.1 Å². The van der Waals surface area contributed by atoms with Crippen molar-refractivity contribution in [3.05, 3.63) is 224 Å². The summed E-state index contributed by atoms with van der Waals surface area (Å²) in [6.07, 6.45) is 0. The van der Waals surface area contributed by atoms with Crippen LogP contribution in [0.5, 0.6) is 0 Å². The van der Waals surface area contributed by atoms with Gasteiger partial charge in [0.15, 0.2) is 14.3 Å². The fourth-order valence-electron chi connectivity index (χ4n) is 9.85. The molecule has 0 N–H and O–H groups in total. The van der Waals surface area contributed by atoms with E-state index in [2.05, 4.69) is 132 Å². The summed E-state index contributed by atoms with van der Waals surface area (Å²) in [6.45, 7) is 4.87. The molecule has 0 bridgehead atoms. The Morgan fingerprint density at radius 3 is 1.08 bits per heavy atom. The predicted molar refractivity (Wildman–Crippen MR) is 277 cm³/mol. The average Bonchev–Trinajstić information content (AvgIpc) is 3.84. The van der Waals surface area contributed by atoms with Gasteiger partial charge in [-0.3, -0.25) is 0 Å². The van der Waals surface area contributed by atoms with Crippen LogP contribution in [0.3, 0.4) is 0 Å². The highest BCUT2D eigenvalue weighted by molar-refractivity contribution is 7.85. The van der Waals surface area contributed by atoms with Crippen LogP contribution < -0.4 is 42.2 Å². The molecule has 0 aliphatic rings. The van der Waals surface area contributed by atoms with Gasteiger partial charge in [0.05, 0.1) is 11.0 Å². The van der Waals surface area contributed by atoms with E-state index in [1.807, 2.05) is 121 Å². The maximum absolute atomic E-state index is 15.7. The van der Waals surface area contributed by atoms with Gasteiger partial charge in [-0.2, -0.15) is 0 Å². The molecule has 0 saturated heterocycles.